The monoisotopic (exact) mass is 310 g/mol. The van der Waals surface area contributed by atoms with Crippen LogP contribution in [0.3, 0.4) is 0 Å². The highest BCUT2D eigenvalue weighted by molar-refractivity contribution is 5.94. The summed E-state index contributed by atoms with van der Waals surface area (Å²) in [5, 5.41) is 12.2. The molecule has 0 fully saturated rings. The highest BCUT2D eigenvalue weighted by Crippen LogP contribution is 2.28. The summed E-state index contributed by atoms with van der Waals surface area (Å²) in [6.07, 6.45) is 2.29. The minimum absolute atomic E-state index is 0.0678. The first-order chi connectivity index (χ1) is 11.3. The Morgan fingerprint density at radius 1 is 1.13 bits per heavy atom. The van der Waals surface area contributed by atoms with Gasteiger partial charge >= 0.3 is 6.03 Å². The molecule has 0 aliphatic carbocycles. The molecular weight excluding hydrogens is 288 g/mol. The van der Waals surface area contributed by atoms with Crippen molar-refractivity contribution in [2.45, 2.75) is 25.3 Å². The lowest BCUT2D eigenvalue weighted by Gasteiger charge is -2.24. The van der Waals surface area contributed by atoms with Crippen LogP contribution in [0.4, 0.5) is 10.5 Å². The van der Waals surface area contributed by atoms with E-state index >= 15 is 0 Å². The van der Waals surface area contributed by atoms with Crippen LogP contribution < -0.4 is 10.2 Å². The Bertz CT molecular complexity index is 657. The highest BCUT2D eigenvalue weighted by atomic mass is 16.3. The molecule has 2 amide bonds. The number of carbonyl (C=O) groups excluding carboxylic acids is 1. The van der Waals surface area contributed by atoms with Gasteiger partial charge in [-0.3, -0.25) is 4.90 Å². The molecule has 0 saturated carbocycles. The Labute approximate surface area is 136 Å². The molecule has 4 nitrogen and oxygen atoms in total. The van der Waals surface area contributed by atoms with Gasteiger partial charge in [0.2, 0.25) is 0 Å². The maximum absolute atomic E-state index is 12.7. The maximum atomic E-state index is 12.7. The van der Waals surface area contributed by atoms with Crippen LogP contribution >= 0.6 is 0 Å². The number of fused-ring (bicyclic) bond motifs is 1. The molecule has 0 spiro atoms. The SMILES string of the molecule is O=C(NC(CCCO)c1ccccc1)N1CCc2ccccc21. The third kappa shape index (κ3) is 3.54. The second-order valence-corrected chi connectivity index (χ2v) is 5.81. The van der Waals surface area contributed by atoms with Gasteiger partial charge in [0.15, 0.2) is 0 Å². The van der Waals surface area contributed by atoms with Gasteiger partial charge < -0.3 is 10.4 Å². The molecule has 23 heavy (non-hydrogen) atoms. The number of carbonyl (C=O) groups is 1. The van der Waals surface area contributed by atoms with Crippen LogP contribution in [0.25, 0.3) is 0 Å². The zero-order chi connectivity index (χ0) is 16.1. The number of amides is 2. The van der Waals surface area contributed by atoms with E-state index in [0.29, 0.717) is 13.0 Å². The first-order valence-electron chi connectivity index (χ1n) is 8.11. The molecule has 1 atom stereocenters. The number of aliphatic hydroxyl groups is 1. The van der Waals surface area contributed by atoms with Gasteiger partial charge in [-0.05, 0) is 36.5 Å². The first kappa shape index (κ1) is 15.6. The average molecular weight is 310 g/mol. The molecule has 0 radical (unpaired) electrons. The van der Waals surface area contributed by atoms with Crippen molar-refractivity contribution in [3.05, 3.63) is 65.7 Å². The average Bonchev–Trinajstić information content (AvgIpc) is 3.03. The van der Waals surface area contributed by atoms with Crippen LogP contribution in [-0.4, -0.2) is 24.3 Å². The van der Waals surface area contributed by atoms with E-state index < -0.39 is 0 Å². The van der Waals surface area contributed by atoms with Gasteiger partial charge in [0.25, 0.3) is 0 Å². The second-order valence-electron chi connectivity index (χ2n) is 5.81. The topological polar surface area (TPSA) is 52.6 Å². The summed E-state index contributed by atoms with van der Waals surface area (Å²) in [5.41, 5.74) is 3.29. The van der Waals surface area contributed by atoms with Gasteiger partial charge in [0.05, 0.1) is 6.04 Å². The molecule has 2 aromatic carbocycles. The molecular formula is C19H22N2O2. The zero-order valence-electron chi connectivity index (χ0n) is 13.1. The summed E-state index contributed by atoms with van der Waals surface area (Å²) >= 11 is 0. The van der Waals surface area contributed by atoms with Gasteiger partial charge in [0.1, 0.15) is 0 Å². The number of aliphatic hydroxyl groups excluding tert-OH is 1. The van der Waals surface area contributed by atoms with E-state index in [1.807, 2.05) is 53.4 Å². The van der Waals surface area contributed by atoms with Crippen molar-refractivity contribution in [3.63, 3.8) is 0 Å². The third-order valence-electron chi connectivity index (χ3n) is 4.28. The van der Waals surface area contributed by atoms with Crippen molar-refractivity contribution in [1.82, 2.24) is 5.32 Å². The first-order valence-corrected chi connectivity index (χ1v) is 8.11. The predicted molar refractivity (Wildman–Crippen MR) is 91.5 cm³/mol. The zero-order valence-corrected chi connectivity index (χ0v) is 13.1. The molecule has 2 aromatic rings. The van der Waals surface area contributed by atoms with Crippen molar-refractivity contribution in [1.29, 1.82) is 0 Å². The molecule has 120 valence electrons. The Morgan fingerprint density at radius 2 is 1.87 bits per heavy atom. The Morgan fingerprint density at radius 3 is 2.65 bits per heavy atom. The minimum Gasteiger partial charge on any atom is -0.396 e. The molecule has 1 aliphatic rings. The fourth-order valence-corrected chi connectivity index (χ4v) is 3.08. The number of urea groups is 1. The molecule has 2 N–H and O–H groups in total. The van der Waals surface area contributed by atoms with Gasteiger partial charge in [-0.1, -0.05) is 48.5 Å². The largest absolute Gasteiger partial charge is 0.396 e. The lowest BCUT2D eigenvalue weighted by atomic mass is 10.0. The van der Waals surface area contributed by atoms with Crippen LogP contribution in [-0.2, 0) is 6.42 Å². The highest BCUT2D eigenvalue weighted by Gasteiger charge is 2.26. The lowest BCUT2D eigenvalue weighted by molar-refractivity contribution is 0.238. The number of nitrogens with zero attached hydrogens (tertiary/aromatic N) is 1. The fraction of sp³-hybridized carbons (Fsp3) is 0.316. The van der Waals surface area contributed by atoms with E-state index in [0.717, 1.165) is 24.1 Å². The molecule has 3 rings (SSSR count). The molecule has 1 unspecified atom stereocenters. The normalized spacial score (nSPS) is 14.4. The summed E-state index contributed by atoms with van der Waals surface area (Å²) in [5.74, 6) is 0. The molecule has 4 heteroatoms. The number of anilines is 1. The van der Waals surface area contributed by atoms with Gasteiger partial charge in [-0.15, -0.1) is 0 Å². The second kappa shape index (κ2) is 7.29. The van der Waals surface area contributed by atoms with E-state index in [1.54, 1.807) is 0 Å². The molecule has 0 saturated heterocycles. The predicted octanol–water partition coefficient (Wildman–Crippen LogP) is 3.27. The number of para-hydroxylation sites is 1. The number of benzene rings is 2. The third-order valence-corrected chi connectivity index (χ3v) is 4.28. The van der Waals surface area contributed by atoms with Crippen LogP contribution in [0.1, 0.15) is 30.0 Å². The summed E-state index contributed by atoms with van der Waals surface area (Å²) in [4.78, 5) is 14.5. The van der Waals surface area contributed by atoms with Crippen LogP contribution in [0.5, 0.6) is 0 Å². The summed E-state index contributed by atoms with van der Waals surface area (Å²) in [6, 6.07) is 17.8. The lowest BCUT2D eigenvalue weighted by Crippen LogP contribution is -2.41. The minimum atomic E-state index is -0.0800. The van der Waals surface area contributed by atoms with Crippen molar-refractivity contribution in [3.8, 4) is 0 Å². The van der Waals surface area contributed by atoms with E-state index in [1.165, 1.54) is 5.56 Å². The van der Waals surface area contributed by atoms with Gasteiger partial charge in [-0.2, -0.15) is 0 Å². The molecule has 1 aliphatic heterocycles. The van der Waals surface area contributed by atoms with E-state index in [9.17, 15) is 4.79 Å². The molecule has 0 bridgehead atoms. The standard InChI is InChI=1S/C19H22N2O2/c22-14-6-10-17(15-7-2-1-3-8-15)20-19(23)21-13-12-16-9-4-5-11-18(16)21/h1-5,7-9,11,17,22H,6,10,12-14H2,(H,20,23). The number of hydrogen-bond acceptors (Lipinski definition) is 2. The van der Waals surface area contributed by atoms with Crippen molar-refractivity contribution < 1.29 is 9.90 Å². The number of hydrogen-bond donors (Lipinski definition) is 2. The fourth-order valence-electron chi connectivity index (χ4n) is 3.08. The Balaban J connectivity index is 1.74. The summed E-state index contributed by atoms with van der Waals surface area (Å²) < 4.78 is 0. The Hall–Kier alpha value is -2.33. The number of nitrogens with one attached hydrogen (secondary N) is 1. The smallest absolute Gasteiger partial charge is 0.322 e. The van der Waals surface area contributed by atoms with E-state index in [4.69, 9.17) is 5.11 Å². The van der Waals surface area contributed by atoms with Crippen molar-refractivity contribution in [2.75, 3.05) is 18.1 Å². The Kier molecular flexibility index (Phi) is 4.93. The maximum Gasteiger partial charge on any atom is 0.322 e. The van der Waals surface area contributed by atoms with E-state index in [-0.39, 0.29) is 18.7 Å². The van der Waals surface area contributed by atoms with Crippen molar-refractivity contribution in [2.24, 2.45) is 0 Å². The molecule has 1 heterocycles. The number of rotatable bonds is 5. The van der Waals surface area contributed by atoms with Crippen LogP contribution in [0, 0.1) is 0 Å². The van der Waals surface area contributed by atoms with Crippen molar-refractivity contribution >= 4 is 11.7 Å². The van der Waals surface area contributed by atoms with Crippen LogP contribution in [0.2, 0.25) is 0 Å². The summed E-state index contributed by atoms with van der Waals surface area (Å²) in [6.45, 7) is 0.846. The van der Waals surface area contributed by atoms with Gasteiger partial charge in [0, 0.05) is 18.8 Å². The molecule has 0 aromatic heterocycles. The van der Waals surface area contributed by atoms with Crippen LogP contribution in [0.15, 0.2) is 54.6 Å². The van der Waals surface area contributed by atoms with Gasteiger partial charge in [-0.25, -0.2) is 4.79 Å². The summed E-state index contributed by atoms with van der Waals surface area (Å²) in [7, 11) is 0. The quantitative estimate of drug-likeness (QED) is 0.890. The van der Waals surface area contributed by atoms with E-state index in [2.05, 4.69) is 11.4 Å².